The molecule has 0 radical (unpaired) electrons. The molecule has 1 aromatic carbocycles. The minimum absolute atomic E-state index is 0. The highest BCUT2D eigenvalue weighted by Gasteiger charge is 2.19. The third kappa shape index (κ3) is 5.59. The summed E-state index contributed by atoms with van der Waals surface area (Å²) in [5.74, 6) is -1.24. The summed E-state index contributed by atoms with van der Waals surface area (Å²) in [5.41, 5.74) is 1.13. The number of benzene rings is 1. The highest BCUT2D eigenvalue weighted by molar-refractivity contribution is 5.87. The zero-order chi connectivity index (χ0) is 14.3. The van der Waals surface area contributed by atoms with Crippen LogP contribution in [0.4, 0.5) is 0 Å². The second kappa shape index (κ2) is 9.34. The fourth-order valence-corrected chi connectivity index (χ4v) is 1.75. The maximum Gasteiger partial charge on any atom is 0.335 e. The average molecular weight is 302 g/mol. The zero-order valence-corrected chi connectivity index (χ0v) is 12.4. The molecule has 112 valence electrons. The van der Waals surface area contributed by atoms with Gasteiger partial charge in [0.1, 0.15) is 6.04 Å². The highest BCUT2D eigenvalue weighted by atomic mass is 35.5. The molecule has 0 saturated heterocycles. The Balaban J connectivity index is 0.00000361. The molecule has 0 aromatic heterocycles. The van der Waals surface area contributed by atoms with E-state index in [1.807, 2.05) is 6.92 Å². The number of esters is 1. The van der Waals surface area contributed by atoms with Crippen LogP contribution >= 0.6 is 12.4 Å². The van der Waals surface area contributed by atoms with Gasteiger partial charge in [-0.1, -0.05) is 19.1 Å². The van der Waals surface area contributed by atoms with Crippen LogP contribution in [0.15, 0.2) is 24.3 Å². The van der Waals surface area contributed by atoms with Crippen molar-refractivity contribution >= 4 is 24.3 Å². The number of ether oxygens (including phenoxy) is 1. The van der Waals surface area contributed by atoms with Crippen molar-refractivity contribution in [3.05, 3.63) is 35.4 Å². The van der Waals surface area contributed by atoms with Crippen molar-refractivity contribution in [1.29, 1.82) is 0 Å². The van der Waals surface area contributed by atoms with E-state index >= 15 is 0 Å². The van der Waals surface area contributed by atoms with Gasteiger partial charge in [0, 0.05) is 0 Å². The van der Waals surface area contributed by atoms with Crippen LogP contribution < -0.4 is 5.32 Å². The van der Waals surface area contributed by atoms with Gasteiger partial charge in [-0.05, 0) is 37.6 Å². The first-order chi connectivity index (χ1) is 9.08. The number of rotatable bonds is 7. The largest absolute Gasteiger partial charge is 0.478 e. The molecule has 5 nitrogen and oxygen atoms in total. The average Bonchev–Trinajstić information content (AvgIpc) is 2.39. The van der Waals surface area contributed by atoms with E-state index in [1.165, 1.54) is 12.1 Å². The molecule has 0 heterocycles. The van der Waals surface area contributed by atoms with Gasteiger partial charge in [0.25, 0.3) is 0 Å². The van der Waals surface area contributed by atoms with Crippen LogP contribution in [0.2, 0.25) is 0 Å². The van der Waals surface area contributed by atoms with E-state index in [9.17, 15) is 9.59 Å². The topological polar surface area (TPSA) is 75.6 Å². The smallest absolute Gasteiger partial charge is 0.335 e. The van der Waals surface area contributed by atoms with Crippen LogP contribution in [-0.2, 0) is 16.0 Å². The van der Waals surface area contributed by atoms with Crippen molar-refractivity contribution in [3.63, 3.8) is 0 Å². The van der Waals surface area contributed by atoms with Gasteiger partial charge in [-0.15, -0.1) is 12.4 Å². The summed E-state index contributed by atoms with van der Waals surface area (Å²) in [4.78, 5) is 22.5. The molecule has 0 aliphatic heterocycles. The fraction of sp³-hybridized carbons (Fsp3) is 0.429. The first-order valence-electron chi connectivity index (χ1n) is 6.30. The minimum atomic E-state index is -0.958. The minimum Gasteiger partial charge on any atom is -0.478 e. The lowest BCUT2D eigenvalue weighted by molar-refractivity contribution is -0.145. The number of carboxylic acids is 1. The molecule has 0 bridgehead atoms. The highest BCUT2D eigenvalue weighted by Crippen LogP contribution is 2.08. The number of carbonyl (C=O) groups is 2. The van der Waals surface area contributed by atoms with Crippen molar-refractivity contribution in [1.82, 2.24) is 5.32 Å². The SMILES string of the molecule is CCN[C@@H](Cc1ccc(C(=O)O)cc1)C(=O)OCC.Cl. The number of hydrogen-bond acceptors (Lipinski definition) is 4. The second-order valence-electron chi connectivity index (χ2n) is 4.07. The Morgan fingerprint density at radius 2 is 1.85 bits per heavy atom. The quantitative estimate of drug-likeness (QED) is 0.752. The van der Waals surface area contributed by atoms with Gasteiger partial charge in [0.05, 0.1) is 12.2 Å². The summed E-state index contributed by atoms with van der Waals surface area (Å²) >= 11 is 0. The molecule has 0 saturated carbocycles. The Morgan fingerprint density at radius 3 is 2.30 bits per heavy atom. The summed E-state index contributed by atoms with van der Waals surface area (Å²) in [6.07, 6.45) is 0.479. The van der Waals surface area contributed by atoms with Crippen LogP contribution in [0.1, 0.15) is 29.8 Å². The predicted octanol–water partition coefficient (Wildman–Crippen LogP) is 1.89. The predicted molar refractivity (Wildman–Crippen MR) is 78.5 cm³/mol. The van der Waals surface area contributed by atoms with E-state index in [4.69, 9.17) is 9.84 Å². The molecule has 0 amide bonds. The van der Waals surface area contributed by atoms with Crippen LogP contribution in [0.5, 0.6) is 0 Å². The number of nitrogens with one attached hydrogen (secondary N) is 1. The van der Waals surface area contributed by atoms with E-state index in [1.54, 1.807) is 19.1 Å². The Hall–Kier alpha value is -1.59. The molecule has 6 heteroatoms. The lowest BCUT2D eigenvalue weighted by atomic mass is 10.0. The molecule has 1 atom stereocenters. The first kappa shape index (κ1) is 18.4. The van der Waals surface area contributed by atoms with E-state index < -0.39 is 12.0 Å². The van der Waals surface area contributed by atoms with Gasteiger partial charge in [-0.25, -0.2) is 4.79 Å². The maximum absolute atomic E-state index is 11.7. The molecule has 0 fully saturated rings. The standard InChI is InChI=1S/C14H19NO4.ClH/c1-3-15-12(14(18)19-4-2)9-10-5-7-11(8-6-10)13(16)17;/h5-8,12,15H,3-4,9H2,1-2H3,(H,16,17);1H/t12-;/m0./s1. The summed E-state index contributed by atoms with van der Waals surface area (Å²) in [6, 6.07) is 6.10. The first-order valence-corrected chi connectivity index (χ1v) is 6.30. The molecule has 0 aliphatic carbocycles. The van der Waals surface area contributed by atoms with Gasteiger partial charge in [-0.2, -0.15) is 0 Å². The number of halogens is 1. The Labute approximate surface area is 124 Å². The normalized spacial score (nSPS) is 11.3. The van der Waals surface area contributed by atoms with Gasteiger partial charge < -0.3 is 15.2 Å². The maximum atomic E-state index is 11.7. The molecule has 0 unspecified atom stereocenters. The van der Waals surface area contributed by atoms with E-state index in [0.717, 1.165) is 5.56 Å². The molecule has 2 N–H and O–H groups in total. The lowest BCUT2D eigenvalue weighted by Gasteiger charge is -2.16. The van der Waals surface area contributed by atoms with Crippen molar-refractivity contribution in [2.45, 2.75) is 26.3 Å². The van der Waals surface area contributed by atoms with Crippen molar-refractivity contribution < 1.29 is 19.4 Å². The van der Waals surface area contributed by atoms with E-state index in [2.05, 4.69) is 5.32 Å². The number of hydrogen-bond donors (Lipinski definition) is 2. The molecular formula is C14H20ClNO4. The van der Waals surface area contributed by atoms with Gasteiger partial charge >= 0.3 is 11.9 Å². The fourth-order valence-electron chi connectivity index (χ4n) is 1.75. The van der Waals surface area contributed by atoms with Gasteiger partial charge in [0.15, 0.2) is 0 Å². The zero-order valence-electron chi connectivity index (χ0n) is 11.6. The third-order valence-corrected chi connectivity index (χ3v) is 2.66. The summed E-state index contributed by atoms with van der Waals surface area (Å²) in [7, 11) is 0. The number of aromatic carboxylic acids is 1. The van der Waals surface area contributed by atoms with Crippen molar-refractivity contribution in [2.75, 3.05) is 13.2 Å². The van der Waals surface area contributed by atoms with Crippen LogP contribution in [-0.4, -0.2) is 36.2 Å². The number of likely N-dealkylation sites (N-methyl/N-ethyl adjacent to an activating group) is 1. The van der Waals surface area contributed by atoms with Gasteiger partial charge in [0.2, 0.25) is 0 Å². The molecule has 20 heavy (non-hydrogen) atoms. The summed E-state index contributed by atoms with van der Waals surface area (Å²) in [6.45, 7) is 4.69. The van der Waals surface area contributed by atoms with E-state index in [0.29, 0.717) is 19.6 Å². The van der Waals surface area contributed by atoms with Crippen molar-refractivity contribution in [3.8, 4) is 0 Å². The molecular weight excluding hydrogens is 282 g/mol. The van der Waals surface area contributed by atoms with E-state index in [-0.39, 0.29) is 23.9 Å². The monoisotopic (exact) mass is 301 g/mol. The number of carboxylic acid groups (broad SMARTS) is 1. The second-order valence-corrected chi connectivity index (χ2v) is 4.07. The van der Waals surface area contributed by atoms with Crippen LogP contribution in [0.25, 0.3) is 0 Å². The Bertz CT molecular complexity index is 433. The van der Waals surface area contributed by atoms with Crippen LogP contribution in [0.3, 0.4) is 0 Å². The molecule has 0 aliphatic rings. The third-order valence-electron chi connectivity index (χ3n) is 2.66. The summed E-state index contributed by atoms with van der Waals surface area (Å²) < 4.78 is 5.00. The molecule has 0 spiro atoms. The molecule has 1 aromatic rings. The van der Waals surface area contributed by atoms with Gasteiger partial charge in [-0.3, -0.25) is 4.79 Å². The lowest BCUT2D eigenvalue weighted by Crippen LogP contribution is -2.39. The Kier molecular flexibility index (Phi) is 8.59. The number of carbonyl (C=O) groups excluding carboxylic acids is 1. The van der Waals surface area contributed by atoms with Crippen LogP contribution in [0, 0.1) is 0 Å². The Morgan fingerprint density at radius 1 is 1.25 bits per heavy atom. The molecule has 1 rings (SSSR count). The van der Waals surface area contributed by atoms with Crippen molar-refractivity contribution in [2.24, 2.45) is 0 Å². The summed E-state index contributed by atoms with van der Waals surface area (Å²) in [5, 5.41) is 11.9.